The molecule has 30 heavy (non-hydrogen) atoms. The minimum absolute atomic E-state index is 0.0245. The Kier molecular flexibility index (Phi) is 6.40. The third-order valence-electron chi connectivity index (χ3n) is 4.15. The molecule has 154 valence electrons. The van der Waals surface area contributed by atoms with E-state index in [4.69, 9.17) is 0 Å². The Morgan fingerprint density at radius 3 is 2.30 bits per heavy atom. The number of hydrogen-bond acceptors (Lipinski definition) is 3. The molecule has 0 saturated carbocycles. The number of anilines is 2. The second-order valence-electron chi connectivity index (χ2n) is 6.35. The zero-order valence-electron chi connectivity index (χ0n) is 15.5. The number of nitrogens with one attached hydrogen (secondary N) is 2. The van der Waals surface area contributed by atoms with Crippen molar-refractivity contribution in [2.24, 2.45) is 0 Å². The molecule has 0 aliphatic rings. The summed E-state index contributed by atoms with van der Waals surface area (Å²) >= 11 is 2.05. The van der Waals surface area contributed by atoms with E-state index in [9.17, 15) is 22.8 Å². The number of alkyl halides is 3. The van der Waals surface area contributed by atoms with Gasteiger partial charge >= 0.3 is 6.18 Å². The Morgan fingerprint density at radius 2 is 1.67 bits per heavy atom. The lowest BCUT2D eigenvalue weighted by Crippen LogP contribution is -2.17. The van der Waals surface area contributed by atoms with Gasteiger partial charge in [0.25, 0.3) is 11.8 Å². The monoisotopic (exact) mass is 525 g/mol. The summed E-state index contributed by atoms with van der Waals surface area (Å²) in [4.78, 5) is 28.2. The van der Waals surface area contributed by atoms with Gasteiger partial charge in [-0.1, -0.05) is 18.2 Å². The number of aryl methyl sites for hydroxylation is 1. The van der Waals surface area contributed by atoms with Crippen LogP contribution in [0.3, 0.4) is 0 Å². The fourth-order valence-corrected chi connectivity index (χ4v) is 3.10. The van der Waals surface area contributed by atoms with E-state index >= 15 is 0 Å². The maximum Gasteiger partial charge on any atom is 0.433 e. The van der Waals surface area contributed by atoms with Gasteiger partial charge in [0.1, 0.15) is 5.69 Å². The molecule has 1 heterocycles. The molecule has 2 N–H and O–H groups in total. The Balaban J connectivity index is 1.78. The van der Waals surface area contributed by atoms with E-state index in [2.05, 4.69) is 15.6 Å². The maximum absolute atomic E-state index is 12.8. The lowest BCUT2D eigenvalue weighted by molar-refractivity contribution is -0.141. The second kappa shape index (κ2) is 8.82. The molecule has 0 spiro atoms. The molecule has 0 radical (unpaired) electrons. The van der Waals surface area contributed by atoms with Gasteiger partial charge in [-0.3, -0.25) is 14.6 Å². The standard InChI is InChI=1S/C21H15F3IN3O2/c1-12-9-18(21(22,23)24)26-11-15(12)20(30)27-14-7-8-16(25)17(10-14)28-19(29)13-5-3-2-4-6-13/h2-11H,1H3,(H,27,30)(H,28,29). The first kappa shape index (κ1) is 21.8. The zero-order chi connectivity index (χ0) is 21.9. The number of benzene rings is 2. The van der Waals surface area contributed by atoms with E-state index in [1.807, 2.05) is 22.6 Å². The van der Waals surface area contributed by atoms with E-state index in [-0.39, 0.29) is 17.0 Å². The predicted molar refractivity (Wildman–Crippen MR) is 115 cm³/mol. The van der Waals surface area contributed by atoms with Gasteiger partial charge in [0.2, 0.25) is 0 Å². The van der Waals surface area contributed by atoms with Crippen LogP contribution in [-0.2, 0) is 6.18 Å². The molecule has 5 nitrogen and oxygen atoms in total. The van der Waals surface area contributed by atoms with Crippen molar-refractivity contribution in [2.45, 2.75) is 13.1 Å². The highest BCUT2D eigenvalue weighted by atomic mass is 127. The molecule has 2 amide bonds. The number of carbonyl (C=O) groups is 2. The Hall–Kier alpha value is -2.95. The summed E-state index contributed by atoms with van der Waals surface area (Å²) in [6.45, 7) is 1.41. The number of halogens is 4. The molecule has 3 aromatic rings. The van der Waals surface area contributed by atoms with Gasteiger partial charge in [-0.2, -0.15) is 13.2 Å². The first-order valence-corrected chi connectivity index (χ1v) is 9.74. The van der Waals surface area contributed by atoms with Crippen molar-refractivity contribution in [3.05, 3.63) is 86.7 Å². The molecular formula is C21H15F3IN3O2. The minimum Gasteiger partial charge on any atom is -0.322 e. The van der Waals surface area contributed by atoms with Gasteiger partial charge in [-0.25, -0.2) is 0 Å². The molecule has 2 aromatic carbocycles. The number of rotatable bonds is 4. The molecule has 0 atom stereocenters. The van der Waals surface area contributed by atoms with Crippen LogP contribution in [0.4, 0.5) is 24.5 Å². The third-order valence-corrected chi connectivity index (χ3v) is 5.09. The van der Waals surface area contributed by atoms with Gasteiger partial charge in [0, 0.05) is 21.0 Å². The maximum atomic E-state index is 12.8. The van der Waals surface area contributed by atoms with Gasteiger partial charge < -0.3 is 10.6 Å². The molecule has 0 bridgehead atoms. The van der Waals surface area contributed by atoms with Crippen LogP contribution in [0.15, 0.2) is 60.8 Å². The summed E-state index contributed by atoms with van der Waals surface area (Å²) in [5.41, 5.74) is 0.466. The summed E-state index contributed by atoms with van der Waals surface area (Å²) in [6, 6.07) is 14.4. The Bertz CT molecular complexity index is 1100. The van der Waals surface area contributed by atoms with Crippen LogP contribution < -0.4 is 10.6 Å². The molecule has 0 saturated heterocycles. The summed E-state index contributed by atoms with van der Waals surface area (Å²) < 4.78 is 39.0. The largest absolute Gasteiger partial charge is 0.433 e. The topological polar surface area (TPSA) is 71.1 Å². The highest BCUT2D eigenvalue weighted by molar-refractivity contribution is 14.1. The van der Waals surface area contributed by atoms with Crippen molar-refractivity contribution < 1.29 is 22.8 Å². The van der Waals surface area contributed by atoms with E-state index in [0.717, 1.165) is 15.8 Å². The fourth-order valence-electron chi connectivity index (χ4n) is 2.63. The molecule has 0 aliphatic heterocycles. The van der Waals surface area contributed by atoms with Crippen LogP contribution in [0.25, 0.3) is 0 Å². The predicted octanol–water partition coefficient (Wildman–Crippen LogP) is 5.52. The molecule has 0 fully saturated rings. The number of nitrogens with zero attached hydrogens (tertiary/aromatic N) is 1. The van der Waals surface area contributed by atoms with Gasteiger partial charge in [0.05, 0.1) is 11.3 Å². The average molecular weight is 525 g/mol. The van der Waals surface area contributed by atoms with Gasteiger partial charge in [0.15, 0.2) is 0 Å². The lowest BCUT2D eigenvalue weighted by Gasteiger charge is -2.13. The highest BCUT2D eigenvalue weighted by Gasteiger charge is 2.33. The van der Waals surface area contributed by atoms with Crippen LogP contribution in [-0.4, -0.2) is 16.8 Å². The summed E-state index contributed by atoms with van der Waals surface area (Å²) in [7, 11) is 0. The van der Waals surface area contributed by atoms with E-state index in [0.29, 0.717) is 16.9 Å². The number of pyridine rings is 1. The lowest BCUT2D eigenvalue weighted by atomic mass is 10.1. The number of amides is 2. The summed E-state index contributed by atoms with van der Waals surface area (Å²) in [5.74, 6) is -0.907. The molecule has 1 aromatic heterocycles. The summed E-state index contributed by atoms with van der Waals surface area (Å²) in [6.07, 6.45) is -3.68. The van der Waals surface area contributed by atoms with E-state index in [1.165, 1.54) is 6.92 Å². The quantitative estimate of drug-likeness (QED) is 0.441. The molecule has 9 heteroatoms. The SMILES string of the molecule is Cc1cc(C(F)(F)F)ncc1C(=O)Nc1ccc(I)c(NC(=O)c2ccccc2)c1. The second-order valence-corrected chi connectivity index (χ2v) is 7.51. The third kappa shape index (κ3) is 5.15. The van der Waals surface area contributed by atoms with Crippen molar-refractivity contribution in [2.75, 3.05) is 10.6 Å². The van der Waals surface area contributed by atoms with Crippen LogP contribution in [0.2, 0.25) is 0 Å². The molecule has 0 aliphatic carbocycles. The minimum atomic E-state index is -4.58. The van der Waals surface area contributed by atoms with Crippen molar-refractivity contribution in [1.82, 2.24) is 4.98 Å². The van der Waals surface area contributed by atoms with E-state index < -0.39 is 17.8 Å². The zero-order valence-corrected chi connectivity index (χ0v) is 17.7. The number of aromatic nitrogens is 1. The van der Waals surface area contributed by atoms with Crippen LogP contribution in [0.1, 0.15) is 32.0 Å². The van der Waals surface area contributed by atoms with Gasteiger partial charge in [-0.15, -0.1) is 0 Å². The van der Waals surface area contributed by atoms with Crippen molar-refractivity contribution in [3.63, 3.8) is 0 Å². The van der Waals surface area contributed by atoms with Crippen LogP contribution >= 0.6 is 22.6 Å². The smallest absolute Gasteiger partial charge is 0.322 e. The molecular weight excluding hydrogens is 510 g/mol. The van der Waals surface area contributed by atoms with Crippen molar-refractivity contribution in [3.8, 4) is 0 Å². The number of carbonyl (C=O) groups excluding carboxylic acids is 2. The van der Waals surface area contributed by atoms with Crippen molar-refractivity contribution in [1.29, 1.82) is 0 Å². The summed E-state index contributed by atoms with van der Waals surface area (Å²) in [5, 5.41) is 5.40. The Morgan fingerprint density at radius 1 is 0.967 bits per heavy atom. The normalized spacial score (nSPS) is 11.1. The van der Waals surface area contributed by atoms with Crippen LogP contribution in [0, 0.1) is 10.5 Å². The highest BCUT2D eigenvalue weighted by Crippen LogP contribution is 2.29. The first-order valence-electron chi connectivity index (χ1n) is 8.66. The van der Waals surface area contributed by atoms with Crippen LogP contribution in [0.5, 0.6) is 0 Å². The van der Waals surface area contributed by atoms with Crippen molar-refractivity contribution >= 4 is 45.8 Å². The molecule has 0 unspecified atom stereocenters. The first-order chi connectivity index (χ1) is 14.1. The molecule has 3 rings (SSSR count). The number of hydrogen-bond donors (Lipinski definition) is 2. The average Bonchev–Trinajstić information content (AvgIpc) is 2.70. The fraction of sp³-hybridized carbons (Fsp3) is 0.0952. The Labute approximate surface area is 183 Å². The van der Waals surface area contributed by atoms with Gasteiger partial charge in [-0.05, 0) is 71.5 Å². The van der Waals surface area contributed by atoms with E-state index in [1.54, 1.807) is 48.5 Å².